The van der Waals surface area contributed by atoms with E-state index >= 15 is 0 Å². The third-order valence-electron chi connectivity index (χ3n) is 3.00. The van der Waals surface area contributed by atoms with E-state index in [1.807, 2.05) is 38.1 Å². The van der Waals surface area contributed by atoms with Crippen molar-refractivity contribution in [1.29, 1.82) is 0 Å². The maximum Gasteiger partial charge on any atom is 0.310 e. The molecule has 1 aromatic heterocycles. The number of tetrazole rings is 1. The highest BCUT2D eigenvalue weighted by Gasteiger charge is 2.10. The molecule has 1 heterocycles. The second-order valence-corrected chi connectivity index (χ2v) is 4.58. The van der Waals surface area contributed by atoms with E-state index in [0.717, 1.165) is 24.1 Å². The molecule has 106 valence electrons. The number of aromatic nitrogens is 4. The van der Waals surface area contributed by atoms with Gasteiger partial charge in [-0.1, -0.05) is 31.2 Å². The number of aryl methyl sites for hydroxylation is 2. The Bertz CT molecular complexity index is 580. The van der Waals surface area contributed by atoms with Crippen LogP contribution in [-0.2, 0) is 29.1 Å². The van der Waals surface area contributed by atoms with Crippen LogP contribution >= 0.6 is 0 Å². The summed E-state index contributed by atoms with van der Waals surface area (Å²) in [7, 11) is 0. The van der Waals surface area contributed by atoms with Gasteiger partial charge in [0.25, 0.3) is 0 Å². The molecule has 0 aliphatic rings. The lowest BCUT2D eigenvalue weighted by Gasteiger charge is -2.07. The molecule has 0 spiro atoms. The quantitative estimate of drug-likeness (QED) is 0.749. The minimum Gasteiger partial charge on any atom is -0.457 e. The molecule has 0 radical (unpaired) electrons. The highest BCUT2D eigenvalue weighted by Crippen LogP contribution is 2.09. The smallest absolute Gasteiger partial charge is 0.310 e. The number of hydrogen-bond acceptors (Lipinski definition) is 5. The third-order valence-corrected chi connectivity index (χ3v) is 3.00. The molecule has 0 bridgehead atoms. The van der Waals surface area contributed by atoms with Crippen LogP contribution in [0.5, 0.6) is 0 Å². The van der Waals surface area contributed by atoms with E-state index in [2.05, 4.69) is 15.5 Å². The zero-order valence-corrected chi connectivity index (χ0v) is 11.7. The van der Waals surface area contributed by atoms with Gasteiger partial charge in [-0.2, -0.15) is 0 Å². The number of carbonyl (C=O) groups is 1. The molecule has 1 aromatic carbocycles. The van der Waals surface area contributed by atoms with Gasteiger partial charge in [-0.15, -0.1) is 5.10 Å². The average Bonchev–Trinajstić information content (AvgIpc) is 2.87. The number of carbonyl (C=O) groups excluding carboxylic acids is 1. The monoisotopic (exact) mass is 274 g/mol. The Labute approximate surface area is 117 Å². The van der Waals surface area contributed by atoms with Crippen LogP contribution < -0.4 is 0 Å². The van der Waals surface area contributed by atoms with Gasteiger partial charge < -0.3 is 4.74 Å². The Balaban J connectivity index is 1.89. The summed E-state index contributed by atoms with van der Waals surface area (Å²) >= 11 is 0. The number of nitrogens with zero attached hydrogens (tertiary/aromatic N) is 4. The largest absolute Gasteiger partial charge is 0.457 e. The Morgan fingerprint density at radius 1 is 1.35 bits per heavy atom. The maximum atomic E-state index is 11.8. The van der Waals surface area contributed by atoms with Gasteiger partial charge in [0.15, 0.2) is 12.4 Å². The molecule has 20 heavy (non-hydrogen) atoms. The summed E-state index contributed by atoms with van der Waals surface area (Å²) in [5.74, 6) is 0.301. The Kier molecular flexibility index (Phi) is 4.81. The minimum absolute atomic E-state index is 0.109. The van der Waals surface area contributed by atoms with Crippen LogP contribution in [0.1, 0.15) is 30.3 Å². The normalized spacial score (nSPS) is 10.5. The first kappa shape index (κ1) is 14.2. The molecule has 0 aliphatic heterocycles. The molecular weight excluding hydrogens is 256 g/mol. The van der Waals surface area contributed by atoms with Gasteiger partial charge in [-0.25, -0.2) is 4.68 Å². The number of hydrogen-bond donors (Lipinski definition) is 0. The highest BCUT2D eigenvalue weighted by atomic mass is 16.5. The van der Waals surface area contributed by atoms with E-state index in [1.54, 1.807) is 4.68 Å². The fraction of sp³-hybridized carbons (Fsp3) is 0.429. The molecule has 0 saturated carbocycles. The van der Waals surface area contributed by atoms with Crippen molar-refractivity contribution >= 4 is 5.97 Å². The van der Waals surface area contributed by atoms with Gasteiger partial charge in [0.2, 0.25) is 0 Å². The van der Waals surface area contributed by atoms with Gasteiger partial charge in [0.05, 0.1) is 6.42 Å². The van der Waals surface area contributed by atoms with Crippen LogP contribution in [-0.4, -0.2) is 26.2 Å². The summed E-state index contributed by atoms with van der Waals surface area (Å²) in [6.45, 7) is 4.84. The zero-order chi connectivity index (χ0) is 14.4. The first-order chi connectivity index (χ1) is 9.70. The minimum atomic E-state index is -0.273. The Morgan fingerprint density at radius 3 is 2.90 bits per heavy atom. The molecule has 2 aromatic rings. The van der Waals surface area contributed by atoms with Crippen molar-refractivity contribution in [2.24, 2.45) is 0 Å². The van der Waals surface area contributed by atoms with Crippen molar-refractivity contribution in [2.75, 3.05) is 0 Å². The first-order valence-electron chi connectivity index (χ1n) is 6.66. The summed E-state index contributed by atoms with van der Waals surface area (Å²) in [6.07, 6.45) is 1.19. The van der Waals surface area contributed by atoms with Crippen molar-refractivity contribution in [3.05, 3.63) is 41.2 Å². The van der Waals surface area contributed by atoms with Gasteiger partial charge in [-0.05, 0) is 34.9 Å². The van der Waals surface area contributed by atoms with E-state index in [9.17, 15) is 4.79 Å². The summed E-state index contributed by atoms with van der Waals surface area (Å²) < 4.78 is 6.88. The van der Waals surface area contributed by atoms with E-state index in [1.165, 1.54) is 0 Å². The summed E-state index contributed by atoms with van der Waals surface area (Å²) in [5.41, 5.74) is 2.06. The topological polar surface area (TPSA) is 69.9 Å². The van der Waals surface area contributed by atoms with Crippen LogP contribution in [0.2, 0.25) is 0 Å². The molecule has 0 aliphatic carbocycles. The molecule has 0 unspecified atom stereocenters. The summed E-state index contributed by atoms with van der Waals surface area (Å²) in [5, 5.41) is 11.3. The van der Waals surface area contributed by atoms with E-state index in [-0.39, 0.29) is 19.0 Å². The van der Waals surface area contributed by atoms with Crippen molar-refractivity contribution in [3.8, 4) is 0 Å². The van der Waals surface area contributed by atoms with Crippen molar-refractivity contribution in [1.82, 2.24) is 20.2 Å². The Hall–Kier alpha value is -2.24. The van der Waals surface area contributed by atoms with Crippen molar-refractivity contribution in [3.63, 3.8) is 0 Å². The van der Waals surface area contributed by atoms with Crippen LogP contribution in [0.25, 0.3) is 0 Å². The number of ether oxygens (including phenoxy) is 1. The zero-order valence-electron chi connectivity index (χ0n) is 11.7. The molecule has 6 nitrogen and oxygen atoms in total. The predicted molar refractivity (Wildman–Crippen MR) is 72.8 cm³/mol. The lowest BCUT2D eigenvalue weighted by Crippen LogP contribution is -2.12. The molecule has 6 heteroatoms. The molecule has 0 amide bonds. The molecule has 0 N–H and O–H groups in total. The standard InChI is InChI=1S/C14H18N4O2/c1-3-8-18-13(15-16-17-18)10-20-14(19)9-12-7-5-4-6-11(12)2/h4-7H,3,8-10H2,1-2H3. The maximum absolute atomic E-state index is 11.8. The van der Waals surface area contributed by atoms with E-state index in [4.69, 9.17) is 4.74 Å². The van der Waals surface area contributed by atoms with Gasteiger partial charge in [0, 0.05) is 6.54 Å². The average molecular weight is 274 g/mol. The van der Waals surface area contributed by atoms with Crippen LogP contribution in [0.4, 0.5) is 0 Å². The fourth-order valence-corrected chi connectivity index (χ4v) is 1.87. The van der Waals surface area contributed by atoms with Gasteiger partial charge in [-0.3, -0.25) is 4.79 Å². The number of rotatable bonds is 6. The molecule has 0 saturated heterocycles. The third kappa shape index (κ3) is 3.63. The van der Waals surface area contributed by atoms with Gasteiger partial charge in [0.1, 0.15) is 0 Å². The molecule has 0 atom stereocenters. The number of esters is 1. The van der Waals surface area contributed by atoms with E-state index in [0.29, 0.717) is 5.82 Å². The SMILES string of the molecule is CCCn1nnnc1COC(=O)Cc1ccccc1C. The van der Waals surface area contributed by atoms with Crippen LogP contribution in [0.3, 0.4) is 0 Å². The first-order valence-corrected chi connectivity index (χ1v) is 6.66. The van der Waals surface area contributed by atoms with Crippen molar-refractivity contribution in [2.45, 2.75) is 39.8 Å². The van der Waals surface area contributed by atoms with E-state index < -0.39 is 0 Å². The van der Waals surface area contributed by atoms with Crippen molar-refractivity contribution < 1.29 is 9.53 Å². The summed E-state index contributed by atoms with van der Waals surface area (Å²) in [6, 6.07) is 7.77. The highest BCUT2D eigenvalue weighted by molar-refractivity contribution is 5.72. The molecule has 2 rings (SSSR count). The Morgan fingerprint density at radius 2 is 2.15 bits per heavy atom. The second-order valence-electron chi connectivity index (χ2n) is 4.58. The lowest BCUT2D eigenvalue weighted by atomic mass is 10.1. The summed E-state index contributed by atoms with van der Waals surface area (Å²) in [4.78, 5) is 11.8. The predicted octanol–water partition coefficient (Wildman–Crippen LogP) is 1.68. The van der Waals surface area contributed by atoms with Crippen LogP contribution in [0.15, 0.2) is 24.3 Å². The fourth-order valence-electron chi connectivity index (χ4n) is 1.87. The van der Waals surface area contributed by atoms with Crippen LogP contribution in [0, 0.1) is 6.92 Å². The number of benzene rings is 1. The molecule has 0 fully saturated rings. The van der Waals surface area contributed by atoms with Gasteiger partial charge >= 0.3 is 5.97 Å². The molecular formula is C14H18N4O2. The lowest BCUT2D eigenvalue weighted by molar-refractivity contribution is -0.144. The second kappa shape index (κ2) is 6.79.